The van der Waals surface area contributed by atoms with Crippen LogP contribution in [0.5, 0.6) is 0 Å². The average molecular weight is 382 g/mol. The molecular weight excluding hydrogens is 361 g/mol. The number of aryl methyl sites for hydroxylation is 1. The Labute approximate surface area is 154 Å². The van der Waals surface area contributed by atoms with Gasteiger partial charge in [0.05, 0.1) is 12.6 Å². The van der Waals surface area contributed by atoms with E-state index in [0.717, 1.165) is 12.8 Å². The van der Waals surface area contributed by atoms with Crippen LogP contribution in [0.2, 0.25) is 0 Å². The number of alkyl halides is 3. The first-order chi connectivity index (χ1) is 12.9. The lowest BCUT2D eigenvalue weighted by Crippen LogP contribution is -2.38. The van der Waals surface area contributed by atoms with Gasteiger partial charge in [0.1, 0.15) is 6.61 Å². The minimum atomic E-state index is -4.48. The molecule has 0 fully saturated rings. The van der Waals surface area contributed by atoms with Crippen LogP contribution in [0.4, 0.5) is 19.1 Å². The highest BCUT2D eigenvalue weighted by Crippen LogP contribution is 2.36. The molecule has 0 unspecified atom stereocenters. The Morgan fingerprint density at radius 2 is 1.93 bits per heavy atom. The van der Waals surface area contributed by atoms with E-state index in [1.165, 1.54) is 0 Å². The molecule has 0 N–H and O–H groups in total. The van der Waals surface area contributed by atoms with Gasteiger partial charge < -0.3 is 14.2 Å². The molecule has 7 nitrogen and oxygen atoms in total. The van der Waals surface area contributed by atoms with Crippen molar-refractivity contribution < 1.29 is 17.9 Å². The summed E-state index contributed by atoms with van der Waals surface area (Å²) in [6.07, 6.45) is -1.94. The Hall–Kier alpha value is -2.23. The van der Waals surface area contributed by atoms with Crippen molar-refractivity contribution in [2.24, 2.45) is 0 Å². The number of hydrogen-bond donors (Lipinski definition) is 0. The molecular formula is C17H21F3N6O. The maximum Gasteiger partial charge on any atom is 0.433 e. The first kappa shape index (κ1) is 18.1. The average Bonchev–Trinajstić information content (AvgIpc) is 3.04. The second kappa shape index (κ2) is 6.74. The third-order valence-corrected chi connectivity index (χ3v) is 5.09. The number of aromatic nitrogens is 5. The molecule has 0 aromatic carbocycles. The highest BCUT2D eigenvalue weighted by Gasteiger charge is 2.39. The van der Waals surface area contributed by atoms with Crippen molar-refractivity contribution in [3.63, 3.8) is 0 Å². The number of ether oxygens (including phenoxy) is 1. The zero-order chi connectivity index (χ0) is 19.2. The number of nitrogens with zero attached hydrogens (tertiary/aromatic N) is 6. The Balaban J connectivity index is 1.71. The van der Waals surface area contributed by atoms with Gasteiger partial charge in [0.15, 0.2) is 17.3 Å². The van der Waals surface area contributed by atoms with Crippen molar-refractivity contribution in [2.75, 3.05) is 18.6 Å². The molecule has 4 rings (SSSR count). The molecule has 1 aliphatic heterocycles. The first-order valence-electron chi connectivity index (χ1n) is 9.02. The lowest BCUT2D eigenvalue weighted by Gasteiger charge is -2.33. The molecule has 2 aromatic heterocycles. The summed E-state index contributed by atoms with van der Waals surface area (Å²) >= 11 is 0. The van der Waals surface area contributed by atoms with Crippen molar-refractivity contribution in [2.45, 2.75) is 58.0 Å². The van der Waals surface area contributed by atoms with Crippen LogP contribution in [-0.2, 0) is 36.9 Å². The smallest absolute Gasteiger partial charge is 0.377 e. The predicted octanol–water partition coefficient (Wildman–Crippen LogP) is 2.69. The second-order valence-corrected chi connectivity index (χ2v) is 7.07. The fourth-order valence-corrected chi connectivity index (χ4v) is 3.95. The topological polar surface area (TPSA) is 69.0 Å². The predicted molar refractivity (Wildman–Crippen MR) is 90.2 cm³/mol. The van der Waals surface area contributed by atoms with Gasteiger partial charge in [-0.3, -0.25) is 0 Å². The van der Waals surface area contributed by atoms with Gasteiger partial charge in [-0.05, 0) is 32.6 Å². The maximum atomic E-state index is 13.6. The Morgan fingerprint density at radius 3 is 2.67 bits per heavy atom. The monoisotopic (exact) mass is 382 g/mol. The van der Waals surface area contributed by atoms with Crippen LogP contribution < -0.4 is 4.90 Å². The van der Waals surface area contributed by atoms with Gasteiger partial charge in [0.2, 0.25) is 5.95 Å². The van der Waals surface area contributed by atoms with E-state index >= 15 is 0 Å². The van der Waals surface area contributed by atoms with E-state index in [9.17, 15) is 13.2 Å². The van der Waals surface area contributed by atoms with Crippen molar-refractivity contribution in [3.05, 3.63) is 28.6 Å². The van der Waals surface area contributed by atoms with Gasteiger partial charge in [-0.15, -0.1) is 10.2 Å². The third kappa shape index (κ3) is 3.26. The van der Waals surface area contributed by atoms with Crippen LogP contribution in [0.1, 0.15) is 54.4 Å². The molecule has 0 radical (unpaired) electrons. The van der Waals surface area contributed by atoms with Crippen LogP contribution in [0.25, 0.3) is 0 Å². The van der Waals surface area contributed by atoms with E-state index in [2.05, 4.69) is 20.2 Å². The van der Waals surface area contributed by atoms with E-state index in [4.69, 9.17) is 4.74 Å². The molecule has 2 aromatic rings. The largest absolute Gasteiger partial charge is 0.433 e. The molecule has 146 valence electrons. The summed E-state index contributed by atoms with van der Waals surface area (Å²) in [4.78, 5) is 10.2. The van der Waals surface area contributed by atoms with Crippen molar-refractivity contribution in [1.29, 1.82) is 0 Å². The number of hydrogen-bond acceptors (Lipinski definition) is 6. The second-order valence-electron chi connectivity index (χ2n) is 7.07. The van der Waals surface area contributed by atoms with Crippen molar-refractivity contribution in [1.82, 2.24) is 24.7 Å². The zero-order valence-corrected chi connectivity index (χ0v) is 15.3. The van der Waals surface area contributed by atoms with Gasteiger partial charge in [-0.2, -0.15) is 13.2 Å². The summed E-state index contributed by atoms with van der Waals surface area (Å²) < 4.78 is 47.8. The summed E-state index contributed by atoms with van der Waals surface area (Å²) in [5, 5.41) is 8.31. The maximum absolute atomic E-state index is 13.6. The van der Waals surface area contributed by atoms with Gasteiger partial charge in [-0.1, -0.05) is 0 Å². The molecule has 1 aliphatic carbocycles. The summed E-state index contributed by atoms with van der Waals surface area (Å²) in [6.45, 7) is 3.11. The van der Waals surface area contributed by atoms with Crippen molar-refractivity contribution in [3.8, 4) is 0 Å². The SMILES string of the molecule is COCc1nnc2n1[C@@H](C)CN(c1nc3c(c(C(F)(F)F)n1)CCCC3)C2. The number of methoxy groups -OCH3 is 1. The summed E-state index contributed by atoms with van der Waals surface area (Å²) in [7, 11) is 1.58. The molecule has 27 heavy (non-hydrogen) atoms. The Morgan fingerprint density at radius 1 is 1.15 bits per heavy atom. The Kier molecular flexibility index (Phi) is 4.53. The molecule has 0 saturated heterocycles. The zero-order valence-electron chi connectivity index (χ0n) is 15.3. The van der Waals surface area contributed by atoms with E-state index < -0.39 is 11.9 Å². The highest BCUT2D eigenvalue weighted by molar-refractivity contribution is 5.40. The van der Waals surface area contributed by atoms with E-state index in [1.54, 1.807) is 12.0 Å². The summed E-state index contributed by atoms with van der Waals surface area (Å²) in [5.74, 6) is 1.51. The first-order valence-corrected chi connectivity index (χ1v) is 9.02. The summed E-state index contributed by atoms with van der Waals surface area (Å²) in [5.41, 5.74) is -0.00610. The minimum absolute atomic E-state index is 0.0251. The third-order valence-electron chi connectivity index (χ3n) is 5.09. The lowest BCUT2D eigenvalue weighted by atomic mass is 9.94. The van der Waals surface area contributed by atoms with Crippen LogP contribution >= 0.6 is 0 Å². The standard InChI is InChI=1S/C17H21F3N6O/c1-10-7-25(8-13-23-24-14(9-27-2)26(10)13)16-21-12-6-4-3-5-11(12)15(22-16)17(18,19)20/h10H,3-9H2,1-2H3/t10-/m0/s1. The van der Waals surface area contributed by atoms with E-state index in [0.29, 0.717) is 49.9 Å². The van der Waals surface area contributed by atoms with E-state index in [1.807, 2.05) is 11.5 Å². The number of halogens is 3. The van der Waals surface area contributed by atoms with Crippen LogP contribution in [0.15, 0.2) is 0 Å². The van der Waals surface area contributed by atoms with Gasteiger partial charge >= 0.3 is 6.18 Å². The normalized spacial score (nSPS) is 19.7. The van der Waals surface area contributed by atoms with Gasteiger partial charge in [0, 0.05) is 24.9 Å². The van der Waals surface area contributed by atoms with Gasteiger partial charge in [0.25, 0.3) is 0 Å². The van der Waals surface area contributed by atoms with Gasteiger partial charge in [-0.25, -0.2) is 9.97 Å². The molecule has 0 bridgehead atoms. The quantitative estimate of drug-likeness (QED) is 0.813. The van der Waals surface area contributed by atoms with Crippen LogP contribution in [0.3, 0.4) is 0 Å². The van der Waals surface area contributed by atoms with Crippen molar-refractivity contribution >= 4 is 5.95 Å². The molecule has 10 heteroatoms. The van der Waals surface area contributed by atoms with E-state index in [-0.39, 0.29) is 17.6 Å². The Bertz CT molecular complexity index is 850. The number of anilines is 1. The molecule has 1 atom stereocenters. The summed E-state index contributed by atoms with van der Waals surface area (Å²) in [6, 6.07) is -0.0251. The fourth-order valence-electron chi connectivity index (χ4n) is 3.95. The molecule has 0 amide bonds. The fraction of sp³-hybridized carbons (Fsp3) is 0.647. The molecule has 0 saturated carbocycles. The van der Waals surface area contributed by atoms with Crippen LogP contribution in [-0.4, -0.2) is 38.4 Å². The number of fused-ring (bicyclic) bond motifs is 2. The molecule has 3 heterocycles. The number of rotatable bonds is 3. The lowest BCUT2D eigenvalue weighted by molar-refractivity contribution is -0.142. The highest BCUT2D eigenvalue weighted by atomic mass is 19.4. The van der Waals surface area contributed by atoms with Crippen LogP contribution in [0, 0.1) is 0 Å². The minimum Gasteiger partial charge on any atom is -0.377 e. The molecule has 2 aliphatic rings. The molecule has 0 spiro atoms.